The summed E-state index contributed by atoms with van der Waals surface area (Å²) in [4.78, 5) is 36.2. The highest BCUT2D eigenvalue weighted by atomic mass is 16.4. The zero-order valence-corrected chi connectivity index (χ0v) is 11.5. The van der Waals surface area contributed by atoms with Crippen LogP contribution in [-0.2, 0) is 14.4 Å². The monoisotopic (exact) mass is 270 g/mol. The summed E-state index contributed by atoms with van der Waals surface area (Å²) in [5, 5.41) is 11.6. The molecule has 0 spiro atoms. The number of hydrogen-bond donors (Lipinski definition) is 2. The van der Waals surface area contributed by atoms with Crippen LogP contribution in [0.5, 0.6) is 0 Å². The van der Waals surface area contributed by atoms with Gasteiger partial charge in [0.2, 0.25) is 11.8 Å². The normalized spacial score (nSPS) is 20.4. The fourth-order valence-corrected chi connectivity index (χ4v) is 2.21. The molecular weight excluding hydrogens is 248 g/mol. The number of rotatable bonds is 7. The van der Waals surface area contributed by atoms with Gasteiger partial charge >= 0.3 is 5.97 Å². The molecule has 2 atom stereocenters. The molecule has 2 N–H and O–H groups in total. The number of hydrogen-bond acceptors (Lipinski definition) is 3. The van der Waals surface area contributed by atoms with Gasteiger partial charge in [-0.05, 0) is 13.3 Å². The number of amides is 2. The highest BCUT2D eigenvalue weighted by Crippen LogP contribution is 2.18. The van der Waals surface area contributed by atoms with Gasteiger partial charge < -0.3 is 15.3 Å². The van der Waals surface area contributed by atoms with E-state index in [9.17, 15) is 14.4 Å². The molecule has 1 aliphatic rings. The van der Waals surface area contributed by atoms with Gasteiger partial charge in [0.15, 0.2) is 0 Å². The molecular formula is C13H22N2O4. The third kappa shape index (κ3) is 4.22. The number of carboxylic acids is 1. The van der Waals surface area contributed by atoms with Gasteiger partial charge in [-0.3, -0.25) is 9.59 Å². The van der Waals surface area contributed by atoms with Gasteiger partial charge in [-0.25, -0.2) is 4.79 Å². The van der Waals surface area contributed by atoms with Crippen molar-refractivity contribution in [2.45, 2.75) is 45.6 Å². The number of carbonyl (C=O) groups excluding carboxylic acids is 2. The van der Waals surface area contributed by atoms with Gasteiger partial charge in [0, 0.05) is 19.5 Å². The zero-order chi connectivity index (χ0) is 14.4. The molecule has 6 heteroatoms. The van der Waals surface area contributed by atoms with E-state index in [0.717, 1.165) is 12.8 Å². The van der Waals surface area contributed by atoms with Crippen LogP contribution >= 0.6 is 0 Å². The second-order valence-corrected chi connectivity index (χ2v) is 4.88. The summed E-state index contributed by atoms with van der Waals surface area (Å²) in [5.74, 6) is -1.80. The minimum atomic E-state index is -1.02. The van der Waals surface area contributed by atoms with Gasteiger partial charge in [-0.1, -0.05) is 19.8 Å². The fraction of sp³-hybridized carbons (Fsp3) is 0.769. The van der Waals surface area contributed by atoms with Crippen LogP contribution in [0.1, 0.15) is 39.5 Å². The number of nitrogens with one attached hydrogen (secondary N) is 1. The van der Waals surface area contributed by atoms with Crippen molar-refractivity contribution in [1.29, 1.82) is 0 Å². The van der Waals surface area contributed by atoms with E-state index in [4.69, 9.17) is 5.11 Å². The number of carboxylic acid groups (broad SMARTS) is 1. The summed E-state index contributed by atoms with van der Waals surface area (Å²) < 4.78 is 0. The van der Waals surface area contributed by atoms with Crippen LogP contribution < -0.4 is 5.32 Å². The average molecular weight is 270 g/mol. The molecule has 2 amide bonds. The Morgan fingerprint density at radius 1 is 1.47 bits per heavy atom. The Bertz CT molecular complexity index is 357. The third-order valence-corrected chi connectivity index (χ3v) is 3.43. The summed E-state index contributed by atoms with van der Waals surface area (Å²) in [7, 11) is 0. The lowest BCUT2D eigenvalue weighted by Crippen LogP contribution is -2.44. The molecule has 1 aliphatic heterocycles. The number of likely N-dealkylation sites (tertiary alicyclic amines) is 1. The van der Waals surface area contributed by atoms with Crippen molar-refractivity contribution in [3.05, 3.63) is 0 Å². The maximum atomic E-state index is 12.0. The smallest absolute Gasteiger partial charge is 0.326 e. The van der Waals surface area contributed by atoms with E-state index in [1.165, 1.54) is 0 Å². The zero-order valence-electron chi connectivity index (χ0n) is 11.5. The molecule has 2 unspecified atom stereocenters. The highest BCUT2D eigenvalue weighted by Gasteiger charge is 2.34. The molecule has 0 saturated carbocycles. The van der Waals surface area contributed by atoms with Crippen LogP contribution in [0.25, 0.3) is 0 Å². The molecule has 1 fully saturated rings. The maximum Gasteiger partial charge on any atom is 0.326 e. The Morgan fingerprint density at radius 2 is 2.16 bits per heavy atom. The van der Waals surface area contributed by atoms with Crippen LogP contribution in [-0.4, -0.2) is 46.9 Å². The lowest BCUT2D eigenvalue weighted by atomic mass is 10.1. The van der Waals surface area contributed by atoms with E-state index < -0.39 is 17.9 Å². The summed E-state index contributed by atoms with van der Waals surface area (Å²) >= 11 is 0. The van der Waals surface area contributed by atoms with E-state index in [1.54, 1.807) is 4.90 Å². The Kier molecular flexibility index (Phi) is 5.79. The summed E-state index contributed by atoms with van der Waals surface area (Å²) in [6, 6.07) is -0.849. The van der Waals surface area contributed by atoms with Gasteiger partial charge in [0.1, 0.15) is 6.04 Å². The Morgan fingerprint density at radius 3 is 2.63 bits per heavy atom. The lowest BCUT2D eigenvalue weighted by molar-refractivity contribution is -0.142. The van der Waals surface area contributed by atoms with Crippen molar-refractivity contribution < 1.29 is 19.5 Å². The molecule has 0 bridgehead atoms. The molecule has 1 rings (SSSR count). The molecule has 1 saturated heterocycles. The van der Waals surface area contributed by atoms with Crippen molar-refractivity contribution in [3.8, 4) is 0 Å². The van der Waals surface area contributed by atoms with Gasteiger partial charge in [-0.15, -0.1) is 0 Å². The quantitative estimate of drug-likeness (QED) is 0.710. The fourth-order valence-electron chi connectivity index (χ4n) is 2.21. The van der Waals surface area contributed by atoms with Gasteiger partial charge in [0.25, 0.3) is 0 Å². The van der Waals surface area contributed by atoms with E-state index in [0.29, 0.717) is 19.5 Å². The van der Waals surface area contributed by atoms with E-state index in [2.05, 4.69) is 5.32 Å². The second kappa shape index (κ2) is 7.11. The van der Waals surface area contributed by atoms with Crippen molar-refractivity contribution in [2.75, 3.05) is 13.1 Å². The van der Waals surface area contributed by atoms with Crippen molar-refractivity contribution >= 4 is 17.8 Å². The Labute approximate surface area is 113 Å². The first kappa shape index (κ1) is 15.5. The first-order valence-corrected chi connectivity index (χ1v) is 6.80. The van der Waals surface area contributed by atoms with Crippen LogP contribution in [0.15, 0.2) is 0 Å². The number of nitrogens with zero attached hydrogens (tertiary/aromatic N) is 1. The highest BCUT2D eigenvalue weighted by molar-refractivity contribution is 5.91. The molecule has 0 radical (unpaired) electrons. The molecule has 6 nitrogen and oxygen atoms in total. The topological polar surface area (TPSA) is 86.7 Å². The number of unbranched alkanes of at least 4 members (excludes halogenated alkanes) is 1. The molecule has 0 aliphatic carbocycles. The molecule has 0 aromatic carbocycles. The first-order valence-electron chi connectivity index (χ1n) is 6.80. The summed E-state index contributed by atoms with van der Waals surface area (Å²) in [6.45, 7) is 4.80. The maximum absolute atomic E-state index is 12.0. The van der Waals surface area contributed by atoms with Crippen LogP contribution in [0, 0.1) is 5.92 Å². The second-order valence-electron chi connectivity index (χ2n) is 4.88. The van der Waals surface area contributed by atoms with E-state index in [1.807, 2.05) is 13.8 Å². The Balaban J connectivity index is 2.53. The molecule has 0 aromatic rings. The number of aliphatic carboxylic acids is 1. The van der Waals surface area contributed by atoms with Crippen LogP contribution in [0.3, 0.4) is 0 Å². The molecule has 108 valence electrons. The summed E-state index contributed by atoms with van der Waals surface area (Å²) in [5.41, 5.74) is 0. The van der Waals surface area contributed by atoms with Gasteiger partial charge in [-0.2, -0.15) is 0 Å². The lowest BCUT2D eigenvalue weighted by Gasteiger charge is -2.17. The van der Waals surface area contributed by atoms with Gasteiger partial charge in [0.05, 0.1) is 5.92 Å². The first-order chi connectivity index (χ1) is 8.99. The molecule has 1 heterocycles. The largest absolute Gasteiger partial charge is 0.480 e. The molecule has 0 aromatic heterocycles. The van der Waals surface area contributed by atoms with E-state index in [-0.39, 0.29) is 18.2 Å². The molecule has 19 heavy (non-hydrogen) atoms. The predicted octanol–water partition coefficient (Wildman–Crippen LogP) is 0.614. The standard InChI is InChI=1S/C13H22N2O4/c1-3-5-6-10(13(18)19)14-12(17)9-7-11(16)15(4-2)8-9/h9-10H,3-8H2,1-2H3,(H,14,17)(H,18,19). The van der Waals surface area contributed by atoms with Crippen LogP contribution in [0.4, 0.5) is 0 Å². The van der Waals surface area contributed by atoms with Crippen LogP contribution in [0.2, 0.25) is 0 Å². The predicted molar refractivity (Wildman–Crippen MR) is 69.5 cm³/mol. The average Bonchev–Trinajstić information content (AvgIpc) is 2.75. The van der Waals surface area contributed by atoms with Crippen molar-refractivity contribution in [2.24, 2.45) is 5.92 Å². The summed E-state index contributed by atoms with van der Waals surface area (Å²) in [6.07, 6.45) is 2.24. The number of carbonyl (C=O) groups is 3. The minimum Gasteiger partial charge on any atom is -0.480 e. The minimum absolute atomic E-state index is 0.0388. The SMILES string of the molecule is CCCCC(NC(=O)C1CC(=O)N(CC)C1)C(=O)O. The Hall–Kier alpha value is -1.59. The van der Waals surface area contributed by atoms with Crippen molar-refractivity contribution in [1.82, 2.24) is 10.2 Å². The third-order valence-electron chi connectivity index (χ3n) is 3.43. The van der Waals surface area contributed by atoms with E-state index >= 15 is 0 Å². The van der Waals surface area contributed by atoms with Crippen molar-refractivity contribution in [3.63, 3.8) is 0 Å².